The third-order valence-corrected chi connectivity index (χ3v) is 3.94. The highest BCUT2D eigenvalue weighted by Gasteiger charge is 2.92. The third-order valence-electron chi connectivity index (χ3n) is 3.94. The van der Waals surface area contributed by atoms with Crippen LogP contribution in [0.4, 0.5) is 110 Å². The molecule has 0 spiro atoms. The Kier molecular flexibility index (Phi) is 8.59. The first-order valence-corrected chi connectivity index (χ1v) is 7.83. The minimum absolute atomic E-state index is 0.00688. The fourth-order valence-electron chi connectivity index (χ4n) is 1.67. The van der Waals surface area contributed by atoms with Gasteiger partial charge in [-0.25, -0.2) is 0 Å². The Bertz CT molecular complexity index is 920. The summed E-state index contributed by atoms with van der Waals surface area (Å²) >= 11 is 0. The molecule has 0 aliphatic heterocycles. The van der Waals surface area contributed by atoms with E-state index in [4.69, 9.17) is 0 Å². The van der Waals surface area contributed by atoms with Gasteiger partial charge in [0.1, 0.15) is 0 Å². The molecule has 0 aliphatic carbocycles. The Morgan fingerprint density at radius 2 is 0.615 bits per heavy atom. The molecule has 0 aromatic rings. The Hall–Kier alpha value is -2.28. The van der Waals surface area contributed by atoms with Crippen molar-refractivity contribution in [1.82, 2.24) is 0 Å². The molecule has 0 bridgehead atoms. The number of halogens is 25. The lowest BCUT2D eigenvalue weighted by molar-refractivity contribution is -0.466. The topological polar surface area (TPSA) is 21.6 Å². The first kappa shape index (κ1) is 36.7. The third kappa shape index (κ3) is 4.93. The molecule has 0 radical (unpaired) electrons. The number of rotatable bonds is 10. The lowest BCUT2D eigenvalue weighted by atomic mass is 9.97. The summed E-state index contributed by atoms with van der Waals surface area (Å²) in [5, 5.41) is 0.00688. The first-order chi connectivity index (χ1) is 16.4. The van der Waals surface area contributed by atoms with E-state index in [2.05, 4.69) is 0 Å². The lowest BCUT2D eigenvalue weighted by Gasteiger charge is -2.38. The number of alkyl halides is 24. The Morgan fingerprint density at radius 3 is 0.897 bits per heavy atom. The molecule has 0 amide bonds. The zero-order chi connectivity index (χ0) is 32.5. The van der Waals surface area contributed by atoms with Gasteiger partial charge in [-0.15, -0.1) is 0 Å². The fraction of sp³-hybridized carbons (Fsp3) is 0.917. The van der Waals surface area contributed by atoms with E-state index in [0.717, 1.165) is 0 Å². The fourth-order valence-corrected chi connectivity index (χ4v) is 1.67. The molecule has 0 unspecified atom stereocenters. The van der Waals surface area contributed by atoms with Gasteiger partial charge in [-0.3, -0.25) is 0 Å². The molecule has 0 N–H and O–H groups in total. The predicted molar refractivity (Wildman–Crippen MR) is 66.3 cm³/mol. The van der Waals surface area contributed by atoms with Crippen LogP contribution in [0, 0.1) is 0 Å². The van der Waals surface area contributed by atoms with E-state index in [1.807, 2.05) is 0 Å². The molecule has 0 heterocycles. The summed E-state index contributed by atoms with van der Waals surface area (Å²) in [6.45, 7) is 0. The summed E-state index contributed by atoms with van der Waals surface area (Å²) in [5.41, 5.74) is 0. The lowest BCUT2D eigenvalue weighted by Crippen LogP contribution is -2.70. The molecular weight excluding hydrogens is 649 g/mol. The van der Waals surface area contributed by atoms with Crippen molar-refractivity contribution in [2.75, 3.05) is 0 Å². The molecule has 27 heteroatoms. The summed E-state index contributed by atoms with van der Waals surface area (Å²) in [4.78, 5) is 1.41. The van der Waals surface area contributed by atoms with Gasteiger partial charge in [-0.1, -0.05) is 0 Å². The molecule has 0 atom stereocenters. The van der Waals surface area contributed by atoms with Gasteiger partial charge in [0.05, 0.1) is 0 Å². The molecule has 0 saturated carbocycles. The number of oxime groups is 1. The van der Waals surface area contributed by atoms with E-state index in [-0.39, 0.29) is 5.16 Å². The molecule has 39 heavy (non-hydrogen) atoms. The van der Waals surface area contributed by atoms with Crippen LogP contribution in [0.5, 0.6) is 0 Å². The Morgan fingerprint density at radius 1 is 0.359 bits per heavy atom. The van der Waals surface area contributed by atoms with E-state index in [1.165, 1.54) is 4.84 Å². The normalized spacial score (nSPS) is 17.0. The molecule has 0 aliphatic rings. The van der Waals surface area contributed by atoms with Crippen LogP contribution in [0.25, 0.3) is 0 Å². The van der Waals surface area contributed by atoms with Crippen LogP contribution in [0.1, 0.15) is 0 Å². The van der Waals surface area contributed by atoms with Crippen LogP contribution in [-0.4, -0.2) is 71.8 Å². The van der Waals surface area contributed by atoms with Crippen LogP contribution < -0.4 is 0 Å². The largest absolute Gasteiger partial charge is 0.490 e. The van der Waals surface area contributed by atoms with Gasteiger partial charge in [0.25, 0.3) is 0 Å². The van der Waals surface area contributed by atoms with Crippen molar-refractivity contribution >= 4 is 5.97 Å². The number of hydrogen-bond acceptors (Lipinski definition) is 2. The average Bonchev–Trinajstić information content (AvgIpc) is 2.69. The molecule has 0 fully saturated rings. The van der Waals surface area contributed by atoms with Crippen LogP contribution in [0.15, 0.2) is 5.16 Å². The summed E-state index contributed by atoms with van der Waals surface area (Å²) in [6, 6.07) is 0. The molecular formula is C12F25NO. The van der Waals surface area contributed by atoms with Crippen molar-refractivity contribution in [3.8, 4) is 0 Å². The van der Waals surface area contributed by atoms with Crippen molar-refractivity contribution in [2.45, 2.75) is 65.8 Å². The second-order valence-electron chi connectivity index (χ2n) is 6.58. The van der Waals surface area contributed by atoms with Crippen molar-refractivity contribution < 1.29 is 115 Å². The Labute approximate surface area is 193 Å². The van der Waals surface area contributed by atoms with Crippen LogP contribution in [-0.2, 0) is 4.84 Å². The van der Waals surface area contributed by atoms with Crippen molar-refractivity contribution in [3.63, 3.8) is 0 Å². The van der Waals surface area contributed by atoms with Crippen LogP contribution in [0.2, 0.25) is 0 Å². The van der Waals surface area contributed by atoms with E-state index < -0.39 is 71.8 Å². The van der Waals surface area contributed by atoms with Crippen molar-refractivity contribution in [2.24, 2.45) is 5.16 Å². The highest BCUT2D eigenvalue weighted by Crippen LogP contribution is 2.61. The standard InChI is InChI=1S/C12F25NO/c13-1(2(14,15)3(16,17)4(18,19)7(24,25)10(30,31)32)38-39-12(36,37)9(28,29)6(22,23)5(20,21)8(26,27)11(33,34)35/b38-1-. The molecule has 2 nitrogen and oxygen atoms in total. The molecule has 0 aromatic heterocycles. The maximum Gasteiger partial charge on any atom is 0.490 e. The quantitative estimate of drug-likeness (QED) is 0.133. The molecule has 0 rings (SSSR count). The van der Waals surface area contributed by atoms with Crippen LogP contribution in [0.3, 0.4) is 0 Å². The number of hydrogen-bond donors (Lipinski definition) is 0. The summed E-state index contributed by atoms with van der Waals surface area (Å²) in [5.74, 6) is -72.9. The highest BCUT2D eigenvalue weighted by atomic mass is 19.4. The van der Waals surface area contributed by atoms with Gasteiger partial charge >= 0.3 is 71.8 Å². The maximum atomic E-state index is 13.2. The minimum Gasteiger partial charge on any atom is -0.314 e. The molecule has 0 aromatic carbocycles. The smallest absolute Gasteiger partial charge is 0.314 e. The number of nitrogens with zero attached hydrogens (tertiary/aromatic N) is 1. The van der Waals surface area contributed by atoms with Crippen LogP contribution >= 0.6 is 0 Å². The predicted octanol–water partition coefficient (Wildman–Crippen LogP) is 8.09. The first-order valence-electron chi connectivity index (χ1n) is 7.83. The van der Waals surface area contributed by atoms with E-state index >= 15 is 0 Å². The van der Waals surface area contributed by atoms with E-state index in [9.17, 15) is 110 Å². The van der Waals surface area contributed by atoms with Crippen molar-refractivity contribution in [3.05, 3.63) is 0 Å². The van der Waals surface area contributed by atoms with Gasteiger partial charge < -0.3 is 4.84 Å². The zero-order valence-corrected chi connectivity index (χ0v) is 16.3. The monoisotopic (exact) mass is 649 g/mol. The average molecular weight is 649 g/mol. The SMILES string of the molecule is F/C(=N\OC(F)(F)C(F)(F)C(F)(F)C(F)(F)C(F)(F)C(F)(F)F)C(F)(F)C(F)(F)C(F)(F)C(F)(F)C(F)(F)F. The Balaban J connectivity index is 6.64. The van der Waals surface area contributed by atoms with Gasteiger partial charge in [0.2, 0.25) is 0 Å². The van der Waals surface area contributed by atoms with Gasteiger partial charge in [-0.2, -0.15) is 110 Å². The van der Waals surface area contributed by atoms with E-state index in [1.54, 1.807) is 0 Å². The van der Waals surface area contributed by atoms with Gasteiger partial charge in [-0.05, 0) is 5.16 Å². The zero-order valence-electron chi connectivity index (χ0n) is 16.3. The summed E-state index contributed by atoms with van der Waals surface area (Å²) < 4.78 is 317. The second kappa shape index (κ2) is 9.12. The molecule has 234 valence electrons. The van der Waals surface area contributed by atoms with Crippen molar-refractivity contribution in [1.29, 1.82) is 0 Å². The summed E-state index contributed by atoms with van der Waals surface area (Å²) in [7, 11) is 0. The summed E-state index contributed by atoms with van der Waals surface area (Å²) in [6.07, 6.45) is -23.9. The van der Waals surface area contributed by atoms with Gasteiger partial charge in [0.15, 0.2) is 0 Å². The minimum atomic E-state index is -8.75. The highest BCUT2D eigenvalue weighted by molar-refractivity contribution is 5.83. The second-order valence-corrected chi connectivity index (χ2v) is 6.58. The van der Waals surface area contributed by atoms with Gasteiger partial charge in [0, 0.05) is 0 Å². The molecule has 0 saturated heterocycles. The maximum absolute atomic E-state index is 13.2. The van der Waals surface area contributed by atoms with E-state index in [0.29, 0.717) is 0 Å².